The van der Waals surface area contributed by atoms with Crippen LogP contribution in [0.5, 0.6) is 0 Å². The molecular formula is C10H18N2O3S. The van der Waals surface area contributed by atoms with Crippen molar-refractivity contribution in [2.45, 2.75) is 44.1 Å². The maximum atomic E-state index is 12.0. The molecule has 1 fully saturated rings. The minimum Gasteiger partial charge on any atom is -0.480 e. The number of nitrogens with zero attached hydrogens (tertiary/aromatic N) is 1. The van der Waals surface area contributed by atoms with Crippen LogP contribution in [-0.2, 0) is 9.59 Å². The van der Waals surface area contributed by atoms with Crippen LogP contribution in [0.15, 0.2) is 0 Å². The average Bonchev–Trinajstić information content (AvgIpc) is 2.70. The SMILES string of the molecule is CCC1SCC(C(=O)O)N1C(=O)[C@@H](N)CC. The molecule has 3 atom stereocenters. The standard InChI is InChI=1S/C10H18N2O3S/c1-3-6(11)9(13)12-7(10(14)15)5-16-8(12)4-2/h6-8H,3-5,11H2,1-2H3,(H,14,15)/t6-,7?,8?/m0/s1. The second kappa shape index (κ2) is 5.54. The first-order valence-electron chi connectivity index (χ1n) is 5.45. The van der Waals surface area contributed by atoms with Crippen LogP contribution >= 0.6 is 11.8 Å². The van der Waals surface area contributed by atoms with Gasteiger partial charge in [-0.2, -0.15) is 0 Å². The molecule has 1 aliphatic rings. The Morgan fingerprint density at radius 3 is 2.62 bits per heavy atom. The van der Waals surface area contributed by atoms with Crippen LogP contribution in [0, 0.1) is 0 Å². The van der Waals surface area contributed by atoms with E-state index in [-0.39, 0.29) is 11.3 Å². The van der Waals surface area contributed by atoms with Gasteiger partial charge in [-0.25, -0.2) is 4.79 Å². The zero-order valence-electron chi connectivity index (χ0n) is 9.55. The summed E-state index contributed by atoms with van der Waals surface area (Å²) in [6.45, 7) is 3.77. The van der Waals surface area contributed by atoms with Gasteiger partial charge in [0.1, 0.15) is 6.04 Å². The Morgan fingerprint density at radius 2 is 2.19 bits per heavy atom. The summed E-state index contributed by atoms with van der Waals surface area (Å²) in [6.07, 6.45) is 1.28. The highest BCUT2D eigenvalue weighted by Gasteiger charge is 2.41. The lowest BCUT2D eigenvalue weighted by atomic mass is 10.1. The molecule has 0 aromatic heterocycles. The van der Waals surface area contributed by atoms with Gasteiger partial charge in [-0.3, -0.25) is 4.79 Å². The molecule has 92 valence electrons. The molecule has 1 amide bonds. The van der Waals surface area contributed by atoms with Gasteiger partial charge in [0.05, 0.1) is 11.4 Å². The van der Waals surface area contributed by atoms with Gasteiger partial charge in [-0.05, 0) is 12.8 Å². The van der Waals surface area contributed by atoms with Crippen molar-refractivity contribution in [1.82, 2.24) is 4.90 Å². The number of thioether (sulfide) groups is 1. The number of carbonyl (C=O) groups is 2. The number of nitrogens with two attached hydrogens (primary N) is 1. The van der Waals surface area contributed by atoms with Crippen molar-refractivity contribution < 1.29 is 14.7 Å². The van der Waals surface area contributed by atoms with Crippen LogP contribution in [0.25, 0.3) is 0 Å². The molecule has 0 aliphatic carbocycles. The fourth-order valence-electron chi connectivity index (χ4n) is 1.73. The fourth-order valence-corrected chi connectivity index (χ4v) is 3.08. The fraction of sp³-hybridized carbons (Fsp3) is 0.800. The quantitative estimate of drug-likeness (QED) is 0.754. The van der Waals surface area contributed by atoms with Gasteiger partial charge >= 0.3 is 5.97 Å². The Morgan fingerprint density at radius 1 is 1.56 bits per heavy atom. The van der Waals surface area contributed by atoms with E-state index in [1.807, 2.05) is 13.8 Å². The average molecular weight is 246 g/mol. The third-order valence-corrected chi connectivity index (χ3v) is 4.19. The molecule has 6 heteroatoms. The molecule has 1 rings (SSSR count). The van der Waals surface area contributed by atoms with Crippen LogP contribution in [-0.4, -0.2) is 45.1 Å². The summed E-state index contributed by atoms with van der Waals surface area (Å²) in [5, 5.41) is 9.00. The summed E-state index contributed by atoms with van der Waals surface area (Å²) in [5.41, 5.74) is 5.68. The van der Waals surface area contributed by atoms with E-state index in [0.29, 0.717) is 12.2 Å². The molecule has 1 saturated heterocycles. The molecule has 0 aromatic carbocycles. The normalized spacial score (nSPS) is 26.8. The van der Waals surface area contributed by atoms with Crippen molar-refractivity contribution in [3.8, 4) is 0 Å². The van der Waals surface area contributed by atoms with Crippen LogP contribution in [0.2, 0.25) is 0 Å². The van der Waals surface area contributed by atoms with Crippen molar-refractivity contribution in [3.05, 3.63) is 0 Å². The van der Waals surface area contributed by atoms with Crippen LogP contribution in [0.4, 0.5) is 0 Å². The van der Waals surface area contributed by atoms with Crippen molar-refractivity contribution in [1.29, 1.82) is 0 Å². The van der Waals surface area contributed by atoms with E-state index in [9.17, 15) is 9.59 Å². The van der Waals surface area contributed by atoms with Gasteiger partial charge in [0, 0.05) is 5.75 Å². The predicted molar refractivity (Wildman–Crippen MR) is 63.1 cm³/mol. The second-order valence-electron chi connectivity index (χ2n) is 3.81. The van der Waals surface area contributed by atoms with Crippen molar-refractivity contribution in [2.75, 3.05) is 5.75 Å². The third-order valence-electron chi connectivity index (χ3n) is 2.74. The summed E-state index contributed by atoms with van der Waals surface area (Å²) in [4.78, 5) is 24.5. The summed E-state index contributed by atoms with van der Waals surface area (Å²) >= 11 is 1.51. The Balaban J connectivity index is 2.85. The Kier molecular flexibility index (Phi) is 4.61. The molecular weight excluding hydrogens is 228 g/mol. The lowest BCUT2D eigenvalue weighted by Gasteiger charge is -2.28. The van der Waals surface area contributed by atoms with Gasteiger partial charge in [-0.1, -0.05) is 13.8 Å². The minimum absolute atomic E-state index is 0.0498. The second-order valence-corrected chi connectivity index (χ2v) is 5.02. The number of hydrogen-bond donors (Lipinski definition) is 2. The Labute approximate surface area is 99.4 Å². The number of amides is 1. The van der Waals surface area contributed by atoms with E-state index in [1.165, 1.54) is 16.7 Å². The van der Waals surface area contributed by atoms with Crippen LogP contribution in [0.3, 0.4) is 0 Å². The highest BCUT2D eigenvalue weighted by atomic mass is 32.2. The first-order chi connectivity index (χ1) is 7.52. The molecule has 1 aliphatic heterocycles. The predicted octanol–water partition coefficient (Wildman–Crippen LogP) is 0.488. The summed E-state index contributed by atoms with van der Waals surface area (Å²) in [5.74, 6) is -0.734. The maximum absolute atomic E-state index is 12.0. The summed E-state index contributed by atoms with van der Waals surface area (Å²) in [7, 11) is 0. The zero-order chi connectivity index (χ0) is 12.3. The number of carboxylic acid groups (broad SMARTS) is 1. The van der Waals surface area contributed by atoms with E-state index in [2.05, 4.69) is 0 Å². The van der Waals surface area contributed by atoms with Gasteiger partial charge < -0.3 is 15.7 Å². The maximum Gasteiger partial charge on any atom is 0.327 e. The van der Waals surface area contributed by atoms with Gasteiger partial charge in [0.2, 0.25) is 5.91 Å². The van der Waals surface area contributed by atoms with E-state index >= 15 is 0 Å². The van der Waals surface area contributed by atoms with Crippen LogP contribution < -0.4 is 5.73 Å². The van der Waals surface area contributed by atoms with E-state index in [4.69, 9.17) is 10.8 Å². The highest BCUT2D eigenvalue weighted by Crippen LogP contribution is 2.31. The van der Waals surface area contributed by atoms with Gasteiger partial charge in [0.15, 0.2) is 0 Å². The summed E-state index contributed by atoms with van der Waals surface area (Å²) in [6, 6.07) is -1.31. The highest BCUT2D eigenvalue weighted by molar-refractivity contribution is 8.00. The summed E-state index contributed by atoms with van der Waals surface area (Å²) < 4.78 is 0. The van der Waals surface area contributed by atoms with Gasteiger partial charge in [0.25, 0.3) is 0 Å². The lowest BCUT2D eigenvalue weighted by Crippen LogP contribution is -2.51. The van der Waals surface area contributed by atoms with E-state index in [0.717, 1.165) is 6.42 Å². The third kappa shape index (κ3) is 2.49. The smallest absolute Gasteiger partial charge is 0.327 e. The molecule has 0 spiro atoms. The van der Waals surface area contributed by atoms with E-state index in [1.54, 1.807) is 0 Å². The molecule has 1 heterocycles. The Bertz CT molecular complexity index is 285. The number of carbonyl (C=O) groups excluding carboxylic acids is 1. The number of carboxylic acids is 1. The molecule has 16 heavy (non-hydrogen) atoms. The first kappa shape index (κ1) is 13.3. The zero-order valence-corrected chi connectivity index (χ0v) is 10.4. The number of aliphatic carboxylic acids is 1. The molecule has 0 aromatic rings. The lowest BCUT2D eigenvalue weighted by molar-refractivity contribution is -0.149. The molecule has 2 unspecified atom stereocenters. The molecule has 0 saturated carbocycles. The monoisotopic (exact) mass is 246 g/mol. The largest absolute Gasteiger partial charge is 0.480 e. The van der Waals surface area contributed by atoms with Gasteiger partial charge in [-0.15, -0.1) is 11.8 Å². The number of rotatable bonds is 4. The molecule has 3 N–H and O–H groups in total. The minimum atomic E-state index is -0.944. The number of hydrogen-bond acceptors (Lipinski definition) is 4. The Hall–Kier alpha value is -0.750. The topological polar surface area (TPSA) is 83.6 Å². The van der Waals surface area contributed by atoms with Crippen LogP contribution in [0.1, 0.15) is 26.7 Å². The van der Waals surface area contributed by atoms with Crippen molar-refractivity contribution in [3.63, 3.8) is 0 Å². The van der Waals surface area contributed by atoms with Crippen molar-refractivity contribution >= 4 is 23.6 Å². The molecule has 0 bridgehead atoms. The molecule has 5 nitrogen and oxygen atoms in total. The molecule has 0 radical (unpaired) electrons. The van der Waals surface area contributed by atoms with E-state index < -0.39 is 18.1 Å². The first-order valence-corrected chi connectivity index (χ1v) is 6.49. The van der Waals surface area contributed by atoms with Crippen molar-refractivity contribution in [2.24, 2.45) is 5.73 Å².